The first-order chi connectivity index (χ1) is 7.97. The highest BCUT2D eigenvalue weighted by molar-refractivity contribution is 5.81. The first-order valence-corrected chi connectivity index (χ1v) is 5.53. The largest absolute Gasteiger partial charge is 0.480 e. The number of nitrogens with one attached hydrogen (secondary N) is 1. The van der Waals surface area contributed by atoms with Gasteiger partial charge in [0.1, 0.15) is 6.54 Å². The summed E-state index contributed by atoms with van der Waals surface area (Å²) in [6, 6.07) is 6.16. The lowest BCUT2D eigenvalue weighted by Crippen LogP contribution is -2.29. The third-order valence-electron chi connectivity index (χ3n) is 2.36. The summed E-state index contributed by atoms with van der Waals surface area (Å²) in [4.78, 5) is 21.6. The first-order valence-electron chi connectivity index (χ1n) is 5.53. The molecule has 1 aromatic carbocycles. The van der Waals surface area contributed by atoms with E-state index < -0.39 is 5.97 Å². The van der Waals surface area contributed by atoms with Crippen LogP contribution in [0.1, 0.15) is 23.1 Å². The number of aryl methyl sites for hydroxylation is 3. The van der Waals surface area contributed by atoms with E-state index in [-0.39, 0.29) is 12.5 Å². The molecule has 0 aliphatic carbocycles. The van der Waals surface area contributed by atoms with Crippen molar-refractivity contribution in [1.82, 2.24) is 5.32 Å². The van der Waals surface area contributed by atoms with Crippen LogP contribution in [0.25, 0.3) is 0 Å². The van der Waals surface area contributed by atoms with E-state index in [1.807, 2.05) is 26.0 Å². The van der Waals surface area contributed by atoms with Crippen LogP contribution in [-0.4, -0.2) is 23.5 Å². The van der Waals surface area contributed by atoms with E-state index in [0.717, 1.165) is 5.56 Å². The van der Waals surface area contributed by atoms with Crippen molar-refractivity contribution in [2.75, 3.05) is 6.54 Å². The Morgan fingerprint density at radius 3 is 2.29 bits per heavy atom. The summed E-state index contributed by atoms with van der Waals surface area (Å²) in [7, 11) is 0. The fraction of sp³-hybridized carbons (Fsp3) is 0.385. The van der Waals surface area contributed by atoms with Gasteiger partial charge in [0.15, 0.2) is 0 Å². The second-order valence-electron chi connectivity index (χ2n) is 4.17. The van der Waals surface area contributed by atoms with Crippen LogP contribution >= 0.6 is 0 Å². The molecule has 0 radical (unpaired) electrons. The van der Waals surface area contributed by atoms with Gasteiger partial charge in [0, 0.05) is 6.42 Å². The smallest absolute Gasteiger partial charge is 0.322 e. The van der Waals surface area contributed by atoms with Crippen molar-refractivity contribution in [3.8, 4) is 0 Å². The Kier molecular flexibility index (Phi) is 4.69. The summed E-state index contributed by atoms with van der Waals surface area (Å²) < 4.78 is 0. The lowest BCUT2D eigenvalue weighted by atomic mass is 10.0. The van der Waals surface area contributed by atoms with E-state index in [2.05, 4.69) is 11.4 Å². The molecule has 4 nitrogen and oxygen atoms in total. The van der Waals surface area contributed by atoms with Gasteiger partial charge in [-0.3, -0.25) is 9.59 Å². The van der Waals surface area contributed by atoms with E-state index in [0.29, 0.717) is 12.8 Å². The highest BCUT2D eigenvalue weighted by atomic mass is 16.4. The lowest BCUT2D eigenvalue weighted by Gasteiger charge is -2.05. The minimum Gasteiger partial charge on any atom is -0.480 e. The number of amides is 1. The molecule has 1 aromatic rings. The van der Waals surface area contributed by atoms with E-state index >= 15 is 0 Å². The summed E-state index contributed by atoms with van der Waals surface area (Å²) in [5.74, 6) is -1.25. The molecule has 0 bridgehead atoms. The van der Waals surface area contributed by atoms with Gasteiger partial charge in [-0.25, -0.2) is 0 Å². The van der Waals surface area contributed by atoms with Crippen molar-refractivity contribution in [2.45, 2.75) is 26.7 Å². The number of hydrogen-bond donors (Lipinski definition) is 2. The zero-order chi connectivity index (χ0) is 12.8. The zero-order valence-corrected chi connectivity index (χ0v) is 10.1. The van der Waals surface area contributed by atoms with Crippen LogP contribution in [0.2, 0.25) is 0 Å². The molecule has 1 rings (SSSR count). The molecule has 0 aliphatic rings. The van der Waals surface area contributed by atoms with E-state index in [1.165, 1.54) is 11.1 Å². The van der Waals surface area contributed by atoms with Crippen molar-refractivity contribution in [2.24, 2.45) is 0 Å². The average Bonchev–Trinajstić information content (AvgIpc) is 2.22. The maximum Gasteiger partial charge on any atom is 0.322 e. The minimum absolute atomic E-state index is 0.230. The van der Waals surface area contributed by atoms with Gasteiger partial charge < -0.3 is 10.4 Å². The van der Waals surface area contributed by atoms with Crippen molar-refractivity contribution >= 4 is 11.9 Å². The van der Waals surface area contributed by atoms with Gasteiger partial charge in [0.2, 0.25) is 5.91 Å². The number of carboxylic acid groups (broad SMARTS) is 1. The molecule has 0 saturated heterocycles. The summed E-state index contributed by atoms with van der Waals surface area (Å²) >= 11 is 0. The average molecular weight is 235 g/mol. The molecule has 0 saturated carbocycles. The molecular formula is C13H17NO3. The van der Waals surface area contributed by atoms with Gasteiger partial charge in [0.05, 0.1) is 0 Å². The van der Waals surface area contributed by atoms with E-state index in [9.17, 15) is 9.59 Å². The van der Waals surface area contributed by atoms with Crippen molar-refractivity contribution in [3.05, 3.63) is 34.9 Å². The van der Waals surface area contributed by atoms with Gasteiger partial charge in [-0.15, -0.1) is 0 Å². The van der Waals surface area contributed by atoms with Gasteiger partial charge in [-0.1, -0.05) is 29.3 Å². The highest BCUT2D eigenvalue weighted by Gasteiger charge is 2.04. The predicted molar refractivity (Wildman–Crippen MR) is 64.9 cm³/mol. The van der Waals surface area contributed by atoms with Crippen LogP contribution in [0.3, 0.4) is 0 Å². The Bertz CT molecular complexity index is 406. The normalized spacial score (nSPS) is 10.0. The van der Waals surface area contributed by atoms with Crippen LogP contribution in [0, 0.1) is 13.8 Å². The second kappa shape index (κ2) is 6.03. The molecule has 0 heterocycles. The number of benzene rings is 1. The number of aliphatic carboxylic acids is 1. The molecular weight excluding hydrogens is 218 g/mol. The summed E-state index contributed by atoms with van der Waals surface area (Å²) in [5.41, 5.74) is 3.45. The van der Waals surface area contributed by atoms with Crippen LogP contribution < -0.4 is 5.32 Å². The Labute approximate surface area is 101 Å². The van der Waals surface area contributed by atoms with Crippen LogP contribution in [0.5, 0.6) is 0 Å². The number of carbonyl (C=O) groups excluding carboxylic acids is 1. The number of carbonyl (C=O) groups is 2. The standard InChI is InChI=1S/C13H17NO3/c1-9-5-10(2)7-11(6-9)3-4-12(15)14-8-13(16)17/h5-7H,3-4,8H2,1-2H3,(H,14,15)(H,16,17). The van der Waals surface area contributed by atoms with Gasteiger partial charge >= 0.3 is 5.97 Å². The topological polar surface area (TPSA) is 66.4 Å². The quantitative estimate of drug-likeness (QED) is 0.811. The SMILES string of the molecule is Cc1cc(C)cc(CCC(=O)NCC(=O)O)c1. The van der Waals surface area contributed by atoms with Gasteiger partial charge in [0.25, 0.3) is 0 Å². The summed E-state index contributed by atoms with van der Waals surface area (Å²) in [6.45, 7) is 3.72. The first kappa shape index (κ1) is 13.2. The Morgan fingerprint density at radius 2 is 1.76 bits per heavy atom. The van der Waals surface area contributed by atoms with Crippen molar-refractivity contribution in [3.63, 3.8) is 0 Å². The Morgan fingerprint density at radius 1 is 1.18 bits per heavy atom. The summed E-state index contributed by atoms with van der Waals surface area (Å²) in [5, 5.41) is 10.7. The van der Waals surface area contributed by atoms with Crippen LogP contribution in [-0.2, 0) is 16.0 Å². The maximum absolute atomic E-state index is 11.3. The zero-order valence-electron chi connectivity index (χ0n) is 10.1. The third kappa shape index (κ3) is 5.15. The molecule has 0 spiro atoms. The fourth-order valence-corrected chi connectivity index (χ4v) is 1.73. The van der Waals surface area contributed by atoms with Gasteiger partial charge in [-0.05, 0) is 25.8 Å². The minimum atomic E-state index is -1.02. The second-order valence-corrected chi connectivity index (χ2v) is 4.17. The molecule has 0 aliphatic heterocycles. The summed E-state index contributed by atoms with van der Waals surface area (Å²) in [6.07, 6.45) is 0.949. The van der Waals surface area contributed by atoms with Crippen LogP contribution in [0.15, 0.2) is 18.2 Å². The molecule has 2 N–H and O–H groups in total. The predicted octanol–water partition coefficient (Wildman–Crippen LogP) is 1.44. The van der Waals surface area contributed by atoms with E-state index in [1.54, 1.807) is 0 Å². The Hall–Kier alpha value is -1.84. The number of rotatable bonds is 5. The molecule has 17 heavy (non-hydrogen) atoms. The Balaban J connectivity index is 2.44. The third-order valence-corrected chi connectivity index (χ3v) is 2.36. The monoisotopic (exact) mass is 235 g/mol. The van der Waals surface area contributed by atoms with Crippen molar-refractivity contribution in [1.29, 1.82) is 0 Å². The fourth-order valence-electron chi connectivity index (χ4n) is 1.73. The van der Waals surface area contributed by atoms with Crippen molar-refractivity contribution < 1.29 is 14.7 Å². The molecule has 0 atom stereocenters. The molecule has 0 fully saturated rings. The molecule has 0 aromatic heterocycles. The van der Waals surface area contributed by atoms with Gasteiger partial charge in [-0.2, -0.15) is 0 Å². The molecule has 92 valence electrons. The number of carboxylic acids is 1. The van der Waals surface area contributed by atoms with Crippen LogP contribution in [0.4, 0.5) is 0 Å². The molecule has 4 heteroatoms. The maximum atomic E-state index is 11.3. The molecule has 1 amide bonds. The lowest BCUT2D eigenvalue weighted by molar-refractivity contribution is -0.137. The number of hydrogen-bond acceptors (Lipinski definition) is 2. The molecule has 0 unspecified atom stereocenters. The highest BCUT2D eigenvalue weighted by Crippen LogP contribution is 2.10. The van der Waals surface area contributed by atoms with E-state index in [4.69, 9.17) is 5.11 Å².